The highest BCUT2D eigenvalue weighted by Crippen LogP contribution is 2.31. The molecule has 0 spiro atoms. The van der Waals surface area contributed by atoms with E-state index in [9.17, 15) is 4.39 Å². The van der Waals surface area contributed by atoms with Crippen LogP contribution in [0.2, 0.25) is 5.02 Å². The lowest BCUT2D eigenvalue weighted by Gasteiger charge is -2.17. The number of ether oxygens (including phenoxy) is 2. The molecular formula is C27H22ClFN4O2S. The maximum atomic E-state index is 13.5. The predicted octanol–water partition coefficient (Wildman–Crippen LogP) is 6.88. The first-order valence-electron chi connectivity index (χ1n) is 11.2. The first-order valence-corrected chi connectivity index (χ1v) is 12.0. The molecule has 0 radical (unpaired) electrons. The monoisotopic (exact) mass is 520 g/mol. The van der Waals surface area contributed by atoms with Crippen LogP contribution < -0.4 is 14.9 Å². The SMILES string of the molecule is COc1ccccc1-c1n[nH]c(=S)n1NCc1c(OCc2ccc(F)cc2Cl)ccc2ccccc12. The van der Waals surface area contributed by atoms with E-state index in [0.29, 0.717) is 39.2 Å². The number of methoxy groups -OCH3 is 1. The van der Waals surface area contributed by atoms with Crippen molar-refractivity contribution < 1.29 is 13.9 Å². The van der Waals surface area contributed by atoms with Gasteiger partial charge in [-0.05, 0) is 53.3 Å². The van der Waals surface area contributed by atoms with Gasteiger partial charge in [0.1, 0.15) is 23.9 Å². The van der Waals surface area contributed by atoms with E-state index in [-0.39, 0.29) is 12.4 Å². The molecule has 0 aliphatic carbocycles. The number of aromatic amines is 1. The molecule has 4 aromatic carbocycles. The van der Waals surface area contributed by atoms with Crippen LogP contribution in [-0.2, 0) is 13.2 Å². The highest BCUT2D eigenvalue weighted by Gasteiger charge is 2.15. The minimum Gasteiger partial charge on any atom is -0.496 e. The second-order valence-corrected chi connectivity index (χ2v) is 8.80. The number of fused-ring (bicyclic) bond motifs is 1. The molecule has 36 heavy (non-hydrogen) atoms. The van der Waals surface area contributed by atoms with Gasteiger partial charge in [-0.2, -0.15) is 5.10 Å². The number of aromatic nitrogens is 3. The number of hydrogen-bond donors (Lipinski definition) is 2. The number of halogens is 2. The molecule has 0 aliphatic rings. The second-order valence-electron chi connectivity index (χ2n) is 8.01. The van der Waals surface area contributed by atoms with Gasteiger partial charge in [-0.15, -0.1) is 0 Å². The Labute approximate surface area is 217 Å². The molecule has 2 N–H and O–H groups in total. The summed E-state index contributed by atoms with van der Waals surface area (Å²) in [5.74, 6) is 1.57. The minimum absolute atomic E-state index is 0.196. The largest absolute Gasteiger partial charge is 0.496 e. The Morgan fingerprint density at radius 3 is 2.67 bits per heavy atom. The highest BCUT2D eigenvalue weighted by atomic mass is 35.5. The first kappa shape index (κ1) is 23.8. The van der Waals surface area contributed by atoms with Crippen LogP contribution in [0.3, 0.4) is 0 Å². The third kappa shape index (κ3) is 4.78. The zero-order valence-corrected chi connectivity index (χ0v) is 20.9. The summed E-state index contributed by atoms with van der Waals surface area (Å²) in [4.78, 5) is 0. The molecule has 1 heterocycles. The molecule has 182 valence electrons. The number of hydrogen-bond acceptors (Lipinski definition) is 5. The van der Waals surface area contributed by atoms with Crippen LogP contribution in [0, 0.1) is 10.6 Å². The van der Waals surface area contributed by atoms with Gasteiger partial charge >= 0.3 is 0 Å². The summed E-state index contributed by atoms with van der Waals surface area (Å²) in [6, 6.07) is 23.9. The molecule has 5 aromatic rings. The third-order valence-corrected chi connectivity index (χ3v) is 6.46. The van der Waals surface area contributed by atoms with Crippen LogP contribution in [0.15, 0.2) is 78.9 Å². The van der Waals surface area contributed by atoms with Crippen molar-refractivity contribution in [1.82, 2.24) is 14.9 Å². The van der Waals surface area contributed by atoms with Gasteiger partial charge in [-0.25, -0.2) is 14.2 Å². The Bertz CT molecular complexity index is 1600. The van der Waals surface area contributed by atoms with Gasteiger partial charge in [-0.3, -0.25) is 0 Å². The fourth-order valence-corrected chi connectivity index (χ4v) is 4.46. The van der Waals surface area contributed by atoms with Crippen molar-refractivity contribution in [1.29, 1.82) is 0 Å². The van der Waals surface area contributed by atoms with Crippen LogP contribution in [0.25, 0.3) is 22.2 Å². The standard InChI is InChI=1S/C27H22ClFN4O2S/c1-34-24-9-5-4-8-21(24)26-31-32-27(36)33(26)30-15-22-20-7-3-2-6-17(20)11-13-25(22)35-16-18-10-12-19(29)14-23(18)28/h2-14,30H,15-16H2,1H3,(H,32,36). The van der Waals surface area contributed by atoms with Crippen LogP contribution in [0.1, 0.15) is 11.1 Å². The molecule has 0 atom stereocenters. The molecule has 0 amide bonds. The number of rotatable bonds is 8. The smallest absolute Gasteiger partial charge is 0.214 e. The fourth-order valence-electron chi connectivity index (χ4n) is 4.04. The van der Waals surface area contributed by atoms with E-state index in [4.69, 9.17) is 33.3 Å². The van der Waals surface area contributed by atoms with E-state index in [2.05, 4.69) is 15.6 Å². The lowest BCUT2D eigenvalue weighted by molar-refractivity contribution is 0.303. The van der Waals surface area contributed by atoms with E-state index < -0.39 is 0 Å². The molecular weight excluding hydrogens is 499 g/mol. The van der Waals surface area contributed by atoms with Gasteiger partial charge in [0, 0.05) is 11.1 Å². The van der Waals surface area contributed by atoms with E-state index in [1.807, 2.05) is 60.7 Å². The van der Waals surface area contributed by atoms with E-state index in [1.165, 1.54) is 12.1 Å². The van der Waals surface area contributed by atoms with Crippen molar-refractivity contribution >= 4 is 34.6 Å². The normalized spacial score (nSPS) is 11.0. The van der Waals surface area contributed by atoms with Gasteiger partial charge in [0.05, 0.1) is 24.2 Å². The van der Waals surface area contributed by atoms with Crippen molar-refractivity contribution in [3.8, 4) is 22.9 Å². The number of nitrogens with one attached hydrogen (secondary N) is 2. The Hall–Kier alpha value is -3.88. The zero-order valence-electron chi connectivity index (χ0n) is 19.3. The molecule has 0 bridgehead atoms. The Morgan fingerprint density at radius 2 is 1.83 bits per heavy atom. The molecule has 0 saturated heterocycles. The van der Waals surface area contributed by atoms with Gasteiger partial charge < -0.3 is 14.9 Å². The number of benzene rings is 4. The van der Waals surface area contributed by atoms with Crippen molar-refractivity contribution in [2.75, 3.05) is 12.5 Å². The Kier molecular flexibility index (Phi) is 6.88. The van der Waals surface area contributed by atoms with Crippen LogP contribution in [0.5, 0.6) is 11.5 Å². The Morgan fingerprint density at radius 1 is 1.03 bits per heavy atom. The molecule has 0 fully saturated rings. The Balaban J connectivity index is 1.48. The molecule has 5 rings (SSSR count). The molecule has 0 unspecified atom stereocenters. The maximum absolute atomic E-state index is 13.5. The zero-order chi connectivity index (χ0) is 25.1. The summed E-state index contributed by atoms with van der Waals surface area (Å²) in [6.45, 7) is 0.589. The molecule has 0 saturated carbocycles. The average molecular weight is 521 g/mol. The van der Waals surface area contributed by atoms with Gasteiger partial charge in [0.25, 0.3) is 0 Å². The topological polar surface area (TPSA) is 64.1 Å². The van der Waals surface area contributed by atoms with Crippen molar-refractivity contribution in [2.45, 2.75) is 13.2 Å². The van der Waals surface area contributed by atoms with Crippen LogP contribution >= 0.6 is 23.8 Å². The third-order valence-electron chi connectivity index (χ3n) is 5.83. The van der Waals surface area contributed by atoms with Gasteiger partial charge in [0.2, 0.25) is 4.77 Å². The molecule has 1 aromatic heterocycles. The fraction of sp³-hybridized carbons (Fsp3) is 0.111. The van der Waals surface area contributed by atoms with Crippen molar-refractivity contribution in [3.63, 3.8) is 0 Å². The summed E-state index contributed by atoms with van der Waals surface area (Å²) in [6.07, 6.45) is 0. The average Bonchev–Trinajstić information content (AvgIpc) is 3.26. The molecule has 6 nitrogen and oxygen atoms in total. The maximum Gasteiger partial charge on any atom is 0.214 e. The first-order chi connectivity index (χ1) is 17.5. The lowest BCUT2D eigenvalue weighted by atomic mass is 10.0. The highest BCUT2D eigenvalue weighted by molar-refractivity contribution is 7.71. The minimum atomic E-state index is -0.387. The van der Waals surface area contributed by atoms with E-state index in [1.54, 1.807) is 17.9 Å². The van der Waals surface area contributed by atoms with Gasteiger partial charge in [-0.1, -0.05) is 60.1 Å². The van der Waals surface area contributed by atoms with Crippen molar-refractivity contribution in [2.24, 2.45) is 0 Å². The quantitative estimate of drug-likeness (QED) is 0.218. The lowest BCUT2D eigenvalue weighted by Crippen LogP contribution is -2.17. The summed E-state index contributed by atoms with van der Waals surface area (Å²) >= 11 is 11.7. The molecule has 0 aliphatic heterocycles. The summed E-state index contributed by atoms with van der Waals surface area (Å²) in [5, 5.41) is 9.69. The van der Waals surface area contributed by atoms with Gasteiger partial charge in [0.15, 0.2) is 5.82 Å². The van der Waals surface area contributed by atoms with Crippen LogP contribution in [0.4, 0.5) is 4.39 Å². The summed E-state index contributed by atoms with van der Waals surface area (Å²) < 4.78 is 27.3. The van der Waals surface area contributed by atoms with Crippen LogP contribution in [-0.4, -0.2) is 22.0 Å². The number of para-hydroxylation sites is 1. The van der Waals surface area contributed by atoms with E-state index >= 15 is 0 Å². The molecule has 9 heteroatoms. The number of nitrogens with zero attached hydrogens (tertiary/aromatic N) is 2. The van der Waals surface area contributed by atoms with Crippen molar-refractivity contribution in [3.05, 3.63) is 106 Å². The summed E-state index contributed by atoms with van der Waals surface area (Å²) in [5.41, 5.74) is 5.80. The predicted molar refractivity (Wildman–Crippen MR) is 142 cm³/mol. The second kappa shape index (κ2) is 10.4. The summed E-state index contributed by atoms with van der Waals surface area (Å²) in [7, 11) is 1.62. The number of H-pyrrole nitrogens is 1. The van der Waals surface area contributed by atoms with E-state index in [0.717, 1.165) is 21.9 Å².